The van der Waals surface area contributed by atoms with Crippen LogP contribution in [0.1, 0.15) is 12.5 Å². The van der Waals surface area contributed by atoms with Crippen molar-refractivity contribution in [1.29, 1.82) is 0 Å². The first-order chi connectivity index (χ1) is 12.3. The highest BCUT2D eigenvalue weighted by atomic mass is 19.4. The maximum Gasteiger partial charge on any atom is 0.527 e. The number of para-hydroxylation sites is 2. The molecule has 0 saturated carbocycles. The van der Waals surface area contributed by atoms with Crippen LogP contribution in [0, 0.1) is 0 Å². The molecule has 0 fully saturated rings. The molecule has 0 aliphatic rings. The zero-order chi connectivity index (χ0) is 19.2. The van der Waals surface area contributed by atoms with E-state index in [1.807, 2.05) is 0 Å². The molecule has 1 unspecified atom stereocenters. The van der Waals surface area contributed by atoms with Crippen LogP contribution in [0.3, 0.4) is 0 Å². The van der Waals surface area contributed by atoms with Crippen LogP contribution >= 0.6 is 0 Å². The number of alkyl halides is 3. The molecule has 26 heavy (non-hydrogen) atoms. The fourth-order valence-electron chi connectivity index (χ4n) is 2.21. The Kier molecular flexibility index (Phi) is 6.27. The molecule has 5 nitrogen and oxygen atoms in total. The molecule has 2 aromatic carbocycles. The van der Waals surface area contributed by atoms with Gasteiger partial charge in [0.15, 0.2) is 11.5 Å². The van der Waals surface area contributed by atoms with Crippen molar-refractivity contribution in [2.24, 2.45) is 0 Å². The maximum atomic E-state index is 13.5. The van der Waals surface area contributed by atoms with Crippen molar-refractivity contribution in [3.63, 3.8) is 0 Å². The third kappa shape index (κ3) is 4.55. The first-order valence-electron chi connectivity index (χ1n) is 7.46. The van der Waals surface area contributed by atoms with Crippen molar-refractivity contribution >= 4 is 0 Å². The Bertz CT molecular complexity index is 708. The topological polar surface area (TPSA) is 46.2 Å². The molecule has 9 heteroatoms. The molecule has 0 radical (unpaired) electrons. The van der Waals surface area contributed by atoms with E-state index < -0.39 is 17.9 Å². The second-order valence-corrected chi connectivity index (χ2v) is 4.87. The van der Waals surface area contributed by atoms with Crippen LogP contribution in [0.25, 0.3) is 0 Å². The monoisotopic (exact) mass is 376 g/mol. The molecule has 2 rings (SSSR count). The predicted molar refractivity (Wildman–Crippen MR) is 82.2 cm³/mol. The van der Waals surface area contributed by atoms with Crippen molar-refractivity contribution < 1.29 is 41.6 Å². The van der Waals surface area contributed by atoms with Crippen molar-refractivity contribution in [2.45, 2.75) is 19.3 Å². The lowest BCUT2D eigenvalue weighted by molar-refractivity contribution is -0.517. The fraction of sp³-hybridized carbons (Fsp3) is 0.294. The lowest BCUT2D eigenvalue weighted by atomic mass is 10.1. The van der Waals surface area contributed by atoms with Crippen LogP contribution < -0.4 is 14.2 Å². The molecule has 0 heterocycles. The summed E-state index contributed by atoms with van der Waals surface area (Å²) in [5.41, 5.74) is -0.498. The summed E-state index contributed by atoms with van der Waals surface area (Å²) < 4.78 is 71.9. The first-order valence-corrected chi connectivity index (χ1v) is 7.46. The average Bonchev–Trinajstić information content (AvgIpc) is 2.61. The number of halogens is 4. The lowest BCUT2D eigenvalue weighted by Crippen LogP contribution is -2.42. The molecular weight excluding hydrogens is 360 g/mol. The predicted octanol–water partition coefficient (Wildman–Crippen LogP) is 4.72. The van der Waals surface area contributed by atoms with Gasteiger partial charge in [0, 0.05) is 0 Å². The molecule has 0 amide bonds. The molecule has 0 aromatic heterocycles. The summed E-state index contributed by atoms with van der Waals surface area (Å²) in [7, 11) is 1.28. The van der Waals surface area contributed by atoms with Crippen LogP contribution in [0.2, 0.25) is 0 Å². The minimum Gasteiger partial charge on any atom is -0.493 e. The van der Waals surface area contributed by atoms with E-state index in [4.69, 9.17) is 14.2 Å². The Balaban J connectivity index is 2.63. The second-order valence-electron chi connectivity index (χ2n) is 4.87. The summed E-state index contributed by atoms with van der Waals surface area (Å²) in [4.78, 5) is 3.59. The van der Waals surface area contributed by atoms with Gasteiger partial charge in [-0.15, -0.1) is 18.1 Å². The van der Waals surface area contributed by atoms with E-state index in [0.717, 1.165) is 6.07 Å². The molecule has 0 N–H and O–H groups in total. The molecular formula is C17H16F4O5. The SMILES string of the molecule is CCOc1c(OC)cccc1C(OF)(Oc1ccccc1)OC(F)(F)F. The molecule has 142 valence electrons. The van der Waals surface area contributed by atoms with E-state index in [9.17, 15) is 17.7 Å². The lowest BCUT2D eigenvalue weighted by Gasteiger charge is -2.31. The Labute approximate surface area is 146 Å². The number of rotatable bonds is 8. The van der Waals surface area contributed by atoms with Gasteiger partial charge in [-0.05, 0) is 35.7 Å². The molecule has 0 saturated heterocycles. The Morgan fingerprint density at radius 1 is 0.962 bits per heavy atom. The highest BCUT2D eigenvalue weighted by Crippen LogP contribution is 2.44. The molecule has 0 bridgehead atoms. The molecule has 0 spiro atoms. The quantitative estimate of drug-likeness (QED) is 0.493. The van der Waals surface area contributed by atoms with Crippen molar-refractivity contribution in [3.8, 4) is 17.2 Å². The summed E-state index contributed by atoms with van der Waals surface area (Å²) in [6.45, 7) is 1.66. The maximum absolute atomic E-state index is 13.5. The Morgan fingerprint density at radius 2 is 1.65 bits per heavy atom. The van der Waals surface area contributed by atoms with Gasteiger partial charge in [-0.25, -0.2) is 4.74 Å². The van der Waals surface area contributed by atoms with Gasteiger partial charge >= 0.3 is 12.3 Å². The van der Waals surface area contributed by atoms with E-state index >= 15 is 0 Å². The fourth-order valence-corrected chi connectivity index (χ4v) is 2.21. The summed E-state index contributed by atoms with van der Waals surface area (Å²) in [6, 6.07) is 11.1. The second kappa shape index (κ2) is 8.24. The van der Waals surface area contributed by atoms with E-state index in [0.29, 0.717) is 0 Å². The Morgan fingerprint density at radius 3 is 2.19 bits per heavy atom. The first kappa shape index (κ1) is 19.8. The van der Waals surface area contributed by atoms with Gasteiger partial charge in [-0.3, -0.25) is 0 Å². The minimum absolute atomic E-state index is 0.0493. The summed E-state index contributed by atoms with van der Waals surface area (Å²) in [5.74, 6) is -3.58. The third-order valence-corrected chi connectivity index (χ3v) is 3.16. The third-order valence-electron chi connectivity index (χ3n) is 3.16. The molecule has 1 atom stereocenters. The summed E-state index contributed by atoms with van der Waals surface area (Å²) in [5, 5.41) is 0. The van der Waals surface area contributed by atoms with Crippen LogP contribution in [0.15, 0.2) is 48.5 Å². The number of hydrogen-bond acceptors (Lipinski definition) is 5. The number of methoxy groups -OCH3 is 1. The number of hydrogen-bond donors (Lipinski definition) is 0. The average molecular weight is 376 g/mol. The van der Waals surface area contributed by atoms with E-state index in [1.165, 1.54) is 43.5 Å². The molecule has 0 aliphatic heterocycles. The van der Waals surface area contributed by atoms with Crippen molar-refractivity contribution in [3.05, 3.63) is 54.1 Å². The van der Waals surface area contributed by atoms with Crippen LogP contribution in [-0.4, -0.2) is 20.1 Å². The standard InChI is InChI=1S/C17H16F4O5/c1-3-23-15-13(10-7-11-14(15)22-2)16(26-21,25-17(18,19)20)24-12-8-5-4-6-9-12/h4-11H,3H2,1-2H3. The largest absolute Gasteiger partial charge is 0.527 e. The van der Waals surface area contributed by atoms with Gasteiger partial charge in [0.05, 0.1) is 13.7 Å². The van der Waals surface area contributed by atoms with Gasteiger partial charge in [-0.1, -0.05) is 24.3 Å². The molecule has 0 aliphatic carbocycles. The number of ether oxygens (including phenoxy) is 4. The van der Waals surface area contributed by atoms with Gasteiger partial charge in [0.2, 0.25) is 0 Å². The Hall–Kier alpha value is -2.52. The van der Waals surface area contributed by atoms with E-state index in [1.54, 1.807) is 13.0 Å². The highest BCUT2D eigenvalue weighted by Gasteiger charge is 2.52. The zero-order valence-electron chi connectivity index (χ0n) is 13.9. The number of benzene rings is 2. The van der Waals surface area contributed by atoms with Gasteiger partial charge in [0.1, 0.15) is 11.3 Å². The van der Waals surface area contributed by atoms with E-state index in [2.05, 4.69) is 9.68 Å². The zero-order valence-corrected chi connectivity index (χ0v) is 13.9. The van der Waals surface area contributed by atoms with Crippen molar-refractivity contribution in [2.75, 3.05) is 13.7 Å². The minimum atomic E-state index is -5.28. The van der Waals surface area contributed by atoms with Gasteiger partial charge < -0.3 is 14.2 Å². The van der Waals surface area contributed by atoms with Crippen molar-refractivity contribution in [1.82, 2.24) is 0 Å². The van der Waals surface area contributed by atoms with Crippen LogP contribution in [0.5, 0.6) is 17.2 Å². The highest BCUT2D eigenvalue weighted by molar-refractivity contribution is 5.48. The molecule has 2 aromatic rings. The van der Waals surface area contributed by atoms with Gasteiger partial charge in [-0.2, -0.15) is 0 Å². The van der Waals surface area contributed by atoms with E-state index in [-0.39, 0.29) is 23.9 Å². The normalized spacial score (nSPS) is 13.8. The van der Waals surface area contributed by atoms with Crippen LogP contribution in [-0.2, 0) is 15.7 Å². The van der Waals surface area contributed by atoms with Gasteiger partial charge in [0.25, 0.3) is 0 Å². The van der Waals surface area contributed by atoms with Crippen LogP contribution in [0.4, 0.5) is 17.7 Å². The summed E-state index contributed by atoms with van der Waals surface area (Å²) in [6.07, 6.45) is -5.28. The summed E-state index contributed by atoms with van der Waals surface area (Å²) >= 11 is 0. The smallest absolute Gasteiger partial charge is 0.493 e.